The van der Waals surface area contributed by atoms with Crippen molar-refractivity contribution in [2.24, 2.45) is 0 Å². The normalized spacial score (nSPS) is 19.4. The van der Waals surface area contributed by atoms with Crippen LogP contribution in [0.4, 0.5) is 0 Å². The number of aliphatic hydroxyl groups excluding tert-OH is 1. The van der Waals surface area contributed by atoms with Gasteiger partial charge in [0.2, 0.25) is 0 Å². The Balaban J connectivity index is 2.40. The fourth-order valence-corrected chi connectivity index (χ4v) is 2.36. The lowest BCUT2D eigenvalue weighted by atomic mass is 9.77. The number of carbonyl (C=O) groups is 1. The van der Waals surface area contributed by atoms with Crippen LogP contribution in [-0.2, 0) is 9.31 Å². The Kier molecular flexibility index (Phi) is 5.08. The van der Waals surface area contributed by atoms with E-state index in [0.29, 0.717) is 16.8 Å². The molecule has 0 bridgehead atoms. The number of methoxy groups -OCH3 is 1. The number of aliphatic hydroxyl groups is 1. The lowest BCUT2D eigenvalue weighted by Gasteiger charge is -2.32. The van der Waals surface area contributed by atoms with Crippen molar-refractivity contribution in [2.75, 3.05) is 13.7 Å². The Morgan fingerprint density at radius 2 is 1.83 bits per heavy atom. The first-order valence-corrected chi connectivity index (χ1v) is 7.69. The fourth-order valence-electron chi connectivity index (χ4n) is 2.36. The van der Waals surface area contributed by atoms with E-state index in [0.717, 1.165) is 0 Å². The van der Waals surface area contributed by atoms with Crippen molar-refractivity contribution in [3.05, 3.63) is 34.8 Å². The molecule has 2 N–H and O–H groups in total. The Morgan fingerprint density at radius 1 is 1.25 bits per heavy atom. The van der Waals surface area contributed by atoms with E-state index in [1.807, 2.05) is 27.7 Å². The van der Waals surface area contributed by atoms with E-state index in [9.17, 15) is 15.0 Å². The minimum atomic E-state index is -1.08. The highest BCUT2D eigenvalue weighted by molar-refractivity contribution is 6.55. The van der Waals surface area contributed by atoms with Crippen LogP contribution in [0.3, 0.4) is 0 Å². The third-order valence-electron chi connectivity index (χ3n) is 4.57. The first kappa shape index (κ1) is 18.5. The maximum atomic E-state index is 11.5. The second-order valence-electron chi connectivity index (χ2n) is 6.72. The first-order valence-electron chi connectivity index (χ1n) is 7.69. The Labute approximate surface area is 142 Å². The van der Waals surface area contributed by atoms with Gasteiger partial charge in [-0.25, -0.2) is 4.79 Å². The number of carboxylic acid groups (broad SMARTS) is 1. The van der Waals surface area contributed by atoms with Gasteiger partial charge in [-0.2, -0.15) is 0 Å². The molecule has 1 aliphatic heterocycles. The molecule has 1 fully saturated rings. The summed E-state index contributed by atoms with van der Waals surface area (Å²) in [6.07, 6.45) is 1.59. The Bertz CT molecular complexity index is 649. The SMILES string of the molecule is COc1ccc(C=C(CO)B2OC(C)(C)C(C)(C)O2)c(C(=O)O)c1. The lowest BCUT2D eigenvalue weighted by Crippen LogP contribution is -2.41. The monoisotopic (exact) mass is 334 g/mol. The van der Waals surface area contributed by atoms with E-state index < -0.39 is 24.3 Å². The van der Waals surface area contributed by atoms with Crippen molar-refractivity contribution in [1.29, 1.82) is 0 Å². The summed E-state index contributed by atoms with van der Waals surface area (Å²) < 4.78 is 16.9. The average Bonchev–Trinajstić information content (AvgIpc) is 2.72. The molecule has 0 aromatic heterocycles. The number of rotatable bonds is 5. The molecular formula is C17H23BO6. The van der Waals surface area contributed by atoms with Gasteiger partial charge in [-0.05, 0) is 50.9 Å². The first-order chi connectivity index (χ1) is 11.1. The number of hydrogen-bond acceptors (Lipinski definition) is 5. The van der Waals surface area contributed by atoms with Crippen molar-refractivity contribution in [3.8, 4) is 5.75 Å². The van der Waals surface area contributed by atoms with Crippen LogP contribution in [0, 0.1) is 0 Å². The minimum Gasteiger partial charge on any atom is -0.497 e. The molecule has 0 spiro atoms. The molecule has 1 heterocycles. The summed E-state index contributed by atoms with van der Waals surface area (Å²) in [6.45, 7) is 7.36. The quantitative estimate of drug-likeness (QED) is 0.805. The highest BCUT2D eigenvalue weighted by Gasteiger charge is 2.52. The summed E-state index contributed by atoms with van der Waals surface area (Å²) in [7, 11) is 0.740. The number of benzene rings is 1. The molecule has 7 heteroatoms. The molecule has 2 rings (SSSR count). The summed E-state index contributed by atoms with van der Waals surface area (Å²) in [5, 5.41) is 19.1. The summed E-state index contributed by atoms with van der Waals surface area (Å²) in [5.41, 5.74) is -0.0941. The summed E-state index contributed by atoms with van der Waals surface area (Å²) in [4.78, 5) is 11.5. The minimum absolute atomic E-state index is 0.0804. The molecule has 24 heavy (non-hydrogen) atoms. The standard InChI is InChI=1S/C17H23BO6/c1-16(2)17(3,4)24-18(23-16)12(10-19)8-11-6-7-13(22-5)9-14(11)15(20)21/h6-9,19H,10H2,1-5H3,(H,20,21). The molecule has 1 aliphatic rings. The van der Waals surface area contributed by atoms with Gasteiger partial charge in [0.25, 0.3) is 0 Å². The lowest BCUT2D eigenvalue weighted by molar-refractivity contribution is 0.00578. The number of aromatic carboxylic acids is 1. The third kappa shape index (κ3) is 3.48. The molecule has 1 aromatic rings. The van der Waals surface area contributed by atoms with Crippen LogP contribution in [0.15, 0.2) is 23.7 Å². The van der Waals surface area contributed by atoms with Gasteiger partial charge in [-0.15, -0.1) is 0 Å². The zero-order valence-corrected chi connectivity index (χ0v) is 14.6. The van der Waals surface area contributed by atoms with Crippen molar-refractivity contribution in [1.82, 2.24) is 0 Å². The van der Waals surface area contributed by atoms with Crippen LogP contribution in [0.5, 0.6) is 5.75 Å². The van der Waals surface area contributed by atoms with Gasteiger partial charge in [0.15, 0.2) is 0 Å². The Hall–Kier alpha value is -1.83. The van der Waals surface area contributed by atoms with Gasteiger partial charge in [-0.1, -0.05) is 12.1 Å². The molecular weight excluding hydrogens is 311 g/mol. The molecule has 1 aromatic carbocycles. The van der Waals surface area contributed by atoms with Gasteiger partial charge in [0.1, 0.15) is 5.75 Å². The average molecular weight is 334 g/mol. The topological polar surface area (TPSA) is 85.2 Å². The van der Waals surface area contributed by atoms with Gasteiger partial charge in [0, 0.05) is 0 Å². The number of carboxylic acids is 1. The highest BCUT2D eigenvalue weighted by Crippen LogP contribution is 2.38. The predicted octanol–water partition coefficient (Wildman–Crippen LogP) is 2.40. The van der Waals surface area contributed by atoms with Crippen molar-refractivity contribution >= 4 is 19.2 Å². The molecule has 1 saturated heterocycles. The van der Waals surface area contributed by atoms with E-state index in [4.69, 9.17) is 14.0 Å². The van der Waals surface area contributed by atoms with Crippen LogP contribution >= 0.6 is 0 Å². The smallest absolute Gasteiger partial charge is 0.492 e. The summed E-state index contributed by atoms with van der Waals surface area (Å²) in [6, 6.07) is 4.73. The molecule has 0 aliphatic carbocycles. The number of ether oxygens (including phenoxy) is 1. The van der Waals surface area contributed by atoms with Crippen LogP contribution in [0.2, 0.25) is 0 Å². The second-order valence-corrected chi connectivity index (χ2v) is 6.72. The summed E-state index contributed by atoms with van der Waals surface area (Å²) >= 11 is 0. The molecule has 0 radical (unpaired) electrons. The molecule has 0 amide bonds. The van der Waals surface area contributed by atoms with Gasteiger partial charge in [-0.3, -0.25) is 0 Å². The van der Waals surface area contributed by atoms with E-state index >= 15 is 0 Å². The van der Waals surface area contributed by atoms with Crippen LogP contribution in [0.25, 0.3) is 6.08 Å². The zero-order valence-electron chi connectivity index (χ0n) is 14.6. The van der Waals surface area contributed by atoms with Crippen LogP contribution in [0.1, 0.15) is 43.6 Å². The zero-order chi connectivity index (χ0) is 18.1. The van der Waals surface area contributed by atoms with E-state index in [-0.39, 0.29) is 12.2 Å². The maximum absolute atomic E-state index is 11.5. The molecule has 0 atom stereocenters. The Morgan fingerprint density at radius 3 is 2.29 bits per heavy atom. The maximum Gasteiger partial charge on any atom is 0.492 e. The van der Waals surface area contributed by atoms with Crippen molar-refractivity contribution in [2.45, 2.75) is 38.9 Å². The predicted molar refractivity (Wildman–Crippen MR) is 91.1 cm³/mol. The largest absolute Gasteiger partial charge is 0.497 e. The third-order valence-corrected chi connectivity index (χ3v) is 4.57. The van der Waals surface area contributed by atoms with Crippen molar-refractivity contribution in [3.63, 3.8) is 0 Å². The van der Waals surface area contributed by atoms with Crippen LogP contribution in [-0.4, -0.2) is 48.2 Å². The number of hydrogen-bond donors (Lipinski definition) is 2. The van der Waals surface area contributed by atoms with E-state index in [2.05, 4.69) is 0 Å². The molecule has 6 nitrogen and oxygen atoms in total. The molecule has 0 unspecified atom stereocenters. The molecule has 130 valence electrons. The highest BCUT2D eigenvalue weighted by atomic mass is 16.7. The van der Waals surface area contributed by atoms with Crippen molar-refractivity contribution < 1.29 is 29.1 Å². The fraction of sp³-hybridized carbons (Fsp3) is 0.471. The van der Waals surface area contributed by atoms with Gasteiger partial charge in [0.05, 0.1) is 30.5 Å². The van der Waals surface area contributed by atoms with E-state index in [1.54, 1.807) is 18.2 Å². The van der Waals surface area contributed by atoms with E-state index in [1.165, 1.54) is 13.2 Å². The van der Waals surface area contributed by atoms with Gasteiger partial charge >= 0.3 is 13.1 Å². The molecule has 0 saturated carbocycles. The van der Waals surface area contributed by atoms with Gasteiger partial charge < -0.3 is 24.3 Å². The second kappa shape index (κ2) is 6.59. The van der Waals surface area contributed by atoms with Crippen LogP contribution < -0.4 is 4.74 Å². The summed E-state index contributed by atoms with van der Waals surface area (Å²) in [5.74, 6) is -0.628.